The number of halogens is 1. The Morgan fingerprint density at radius 1 is 0.632 bits per heavy atom. The molecular weight excluding hydrogens is 492 g/mol. The van der Waals surface area contributed by atoms with Crippen LogP contribution in [0.5, 0.6) is 0 Å². The highest BCUT2D eigenvalue weighted by Gasteiger charge is 2.30. The van der Waals surface area contributed by atoms with E-state index in [1.165, 1.54) is 55.6 Å². The number of aliphatic carboxylic acids is 1. The van der Waals surface area contributed by atoms with Crippen molar-refractivity contribution in [2.75, 3.05) is 0 Å². The van der Waals surface area contributed by atoms with Crippen molar-refractivity contribution in [3.8, 4) is 22.3 Å². The molecule has 0 saturated carbocycles. The number of aryl methyl sites for hydroxylation is 2. The lowest BCUT2D eigenvalue weighted by atomic mass is 9.90. The molecule has 0 aromatic heterocycles. The molecule has 0 heterocycles. The number of carbonyl (C=O) groups excluding carboxylic acids is 1. The van der Waals surface area contributed by atoms with Gasteiger partial charge in [-0.3, -0.25) is 9.59 Å². The normalized spacial score (nSPS) is 16.0. The lowest BCUT2D eigenvalue weighted by Crippen LogP contribution is -2.03. The number of hydrogen-bond donors (Lipinski definition) is 1. The number of rotatable bonds is 6. The summed E-state index contributed by atoms with van der Waals surface area (Å²) in [5.74, 6) is -0.196. The van der Waals surface area contributed by atoms with Crippen LogP contribution in [0, 0.1) is 13.8 Å². The van der Waals surface area contributed by atoms with Crippen molar-refractivity contribution in [3.05, 3.63) is 118 Å². The minimum Gasteiger partial charge on any atom is -0.481 e. The van der Waals surface area contributed by atoms with Gasteiger partial charge < -0.3 is 5.11 Å². The number of hydrogen-bond acceptors (Lipinski definition) is 2. The van der Waals surface area contributed by atoms with Crippen LogP contribution in [0.1, 0.15) is 70.9 Å². The van der Waals surface area contributed by atoms with Crippen LogP contribution in [-0.2, 0) is 9.59 Å². The largest absolute Gasteiger partial charge is 0.481 e. The molecular formula is C34H31ClO3. The summed E-state index contributed by atoms with van der Waals surface area (Å²) in [6.07, 6.45) is 2.10. The van der Waals surface area contributed by atoms with Crippen LogP contribution in [0.2, 0.25) is 0 Å². The van der Waals surface area contributed by atoms with Crippen LogP contribution >= 0.6 is 11.6 Å². The molecule has 4 heteroatoms. The fraction of sp³-hybridized carbons (Fsp3) is 0.235. The summed E-state index contributed by atoms with van der Waals surface area (Å²) in [4.78, 5) is 21.9. The number of carboxylic acid groups (broad SMARTS) is 1. The number of fused-ring (bicyclic) bond motifs is 6. The summed E-state index contributed by atoms with van der Waals surface area (Å²) in [7, 11) is 0. The highest BCUT2D eigenvalue weighted by molar-refractivity contribution is 6.63. The lowest BCUT2D eigenvalue weighted by Gasteiger charge is -2.14. The second-order valence-electron chi connectivity index (χ2n) is 10.2. The molecule has 0 radical (unpaired) electrons. The van der Waals surface area contributed by atoms with Crippen molar-refractivity contribution in [2.45, 2.75) is 51.4 Å². The zero-order valence-corrected chi connectivity index (χ0v) is 22.5. The molecule has 2 aliphatic carbocycles. The summed E-state index contributed by atoms with van der Waals surface area (Å²) in [6.45, 7) is 4.25. The van der Waals surface area contributed by atoms with Gasteiger partial charge in [0.15, 0.2) is 0 Å². The van der Waals surface area contributed by atoms with E-state index in [1.54, 1.807) is 0 Å². The van der Waals surface area contributed by atoms with Crippen molar-refractivity contribution in [1.29, 1.82) is 0 Å². The number of carboxylic acids is 1. The van der Waals surface area contributed by atoms with Crippen LogP contribution in [0.15, 0.2) is 84.9 Å². The Balaban J connectivity index is 0.000000155. The SMILES string of the molecule is Cc1cccc2c1C(CCC(=O)Cl)c1ccccc1-2.Cc1cccc2c1C(CCC(=O)O)c1ccccc1-2. The molecule has 2 aliphatic rings. The first kappa shape index (κ1) is 25.9. The van der Waals surface area contributed by atoms with E-state index in [2.05, 4.69) is 86.6 Å². The van der Waals surface area contributed by atoms with Gasteiger partial charge in [-0.1, -0.05) is 84.9 Å². The molecule has 0 saturated heterocycles. The maximum atomic E-state index is 11.1. The van der Waals surface area contributed by atoms with Crippen molar-refractivity contribution in [2.24, 2.45) is 0 Å². The van der Waals surface area contributed by atoms with Crippen LogP contribution in [-0.4, -0.2) is 16.3 Å². The first-order valence-electron chi connectivity index (χ1n) is 13.1. The lowest BCUT2D eigenvalue weighted by molar-refractivity contribution is -0.137. The van der Waals surface area contributed by atoms with Gasteiger partial charge in [0.25, 0.3) is 0 Å². The van der Waals surface area contributed by atoms with E-state index >= 15 is 0 Å². The average Bonchev–Trinajstić information content (AvgIpc) is 3.41. The average molecular weight is 523 g/mol. The van der Waals surface area contributed by atoms with E-state index in [9.17, 15) is 9.59 Å². The maximum absolute atomic E-state index is 11.1. The van der Waals surface area contributed by atoms with Gasteiger partial charge in [-0.25, -0.2) is 0 Å². The monoisotopic (exact) mass is 522 g/mol. The smallest absolute Gasteiger partial charge is 0.303 e. The highest BCUT2D eigenvalue weighted by atomic mass is 35.5. The quantitative estimate of drug-likeness (QED) is 0.258. The summed E-state index contributed by atoms with van der Waals surface area (Å²) in [6, 6.07) is 29.5. The predicted molar refractivity (Wildman–Crippen MR) is 154 cm³/mol. The van der Waals surface area contributed by atoms with E-state index in [0.29, 0.717) is 18.8 Å². The maximum Gasteiger partial charge on any atom is 0.303 e. The Kier molecular flexibility index (Phi) is 7.49. The van der Waals surface area contributed by atoms with Gasteiger partial charge in [-0.05, 0) is 93.9 Å². The zero-order valence-electron chi connectivity index (χ0n) is 21.7. The molecule has 0 fully saturated rings. The summed E-state index contributed by atoms with van der Waals surface area (Å²) >= 11 is 5.51. The minimum atomic E-state index is -0.723. The van der Waals surface area contributed by atoms with Crippen molar-refractivity contribution in [3.63, 3.8) is 0 Å². The van der Waals surface area contributed by atoms with Crippen LogP contribution in [0.3, 0.4) is 0 Å². The molecule has 3 nitrogen and oxygen atoms in total. The molecule has 0 amide bonds. The third-order valence-electron chi connectivity index (χ3n) is 7.87. The molecule has 2 unspecified atom stereocenters. The van der Waals surface area contributed by atoms with Crippen molar-refractivity contribution in [1.82, 2.24) is 0 Å². The van der Waals surface area contributed by atoms with E-state index in [0.717, 1.165) is 6.42 Å². The first-order valence-corrected chi connectivity index (χ1v) is 13.5. The molecule has 4 aromatic rings. The van der Waals surface area contributed by atoms with Crippen molar-refractivity contribution >= 4 is 22.8 Å². The standard InChI is InChI=1S/C17H15ClO.C17H16O2/c2*1-11-5-4-8-14-12-6-2-3-7-13(12)15(17(11)14)9-10-16(18)19/h2-8,15H,9-10H2,1H3;2-8,15H,9-10H2,1H3,(H,18,19). The Bertz CT molecular complexity index is 1410. The van der Waals surface area contributed by atoms with E-state index in [1.807, 2.05) is 12.1 Å². The number of benzene rings is 4. The van der Waals surface area contributed by atoms with Gasteiger partial charge >= 0.3 is 5.97 Å². The van der Waals surface area contributed by atoms with Crippen LogP contribution in [0.25, 0.3) is 22.3 Å². The van der Waals surface area contributed by atoms with Gasteiger partial charge in [-0.15, -0.1) is 0 Å². The third-order valence-corrected chi connectivity index (χ3v) is 8.06. The predicted octanol–water partition coefficient (Wildman–Crippen LogP) is 8.63. The van der Waals surface area contributed by atoms with Gasteiger partial charge in [0, 0.05) is 24.7 Å². The van der Waals surface area contributed by atoms with Crippen LogP contribution < -0.4 is 0 Å². The molecule has 2 atom stereocenters. The van der Waals surface area contributed by atoms with E-state index < -0.39 is 5.97 Å². The topological polar surface area (TPSA) is 54.4 Å². The van der Waals surface area contributed by atoms with Gasteiger partial charge in [0.1, 0.15) is 0 Å². The Morgan fingerprint density at radius 3 is 1.50 bits per heavy atom. The van der Waals surface area contributed by atoms with Gasteiger partial charge in [-0.2, -0.15) is 0 Å². The molecule has 0 bridgehead atoms. The van der Waals surface area contributed by atoms with Gasteiger partial charge in [0.2, 0.25) is 5.24 Å². The zero-order chi connectivity index (χ0) is 26.8. The summed E-state index contributed by atoms with van der Waals surface area (Å²) < 4.78 is 0. The molecule has 0 spiro atoms. The molecule has 38 heavy (non-hydrogen) atoms. The van der Waals surface area contributed by atoms with E-state index in [-0.39, 0.29) is 17.6 Å². The Labute approximate surface area is 229 Å². The molecule has 192 valence electrons. The van der Waals surface area contributed by atoms with Gasteiger partial charge in [0.05, 0.1) is 0 Å². The summed E-state index contributed by atoms with van der Waals surface area (Å²) in [5.41, 5.74) is 13.0. The fourth-order valence-corrected chi connectivity index (χ4v) is 6.39. The molecule has 1 N–H and O–H groups in total. The Hall–Kier alpha value is -3.69. The fourth-order valence-electron chi connectivity index (χ4n) is 6.28. The van der Waals surface area contributed by atoms with Crippen molar-refractivity contribution < 1.29 is 14.7 Å². The highest BCUT2D eigenvalue weighted by Crippen LogP contribution is 2.49. The first-order chi connectivity index (χ1) is 18.4. The minimum absolute atomic E-state index is 0.215. The second-order valence-corrected chi connectivity index (χ2v) is 10.6. The van der Waals surface area contributed by atoms with E-state index in [4.69, 9.17) is 16.7 Å². The molecule has 6 rings (SSSR count). The van der Waals surface area contributed by atoms with Crippen LogP contribution in [0.4, 0.5) is 0 Å². The second kappa shape index (κ2) is 11.0. The molecule has 4 aromatic carbocycles. The molecule has 0 aliphatic heterocycles. The number of carbonyl (C=O) groups is 2. The third kappa shape index (κ3) is 4.91. The Morgan fingerprint density at radius 2 is 1.05 bits per heavy atom. The summed E-state index contributed by atoms with van der Waals surface area (Å²) in [5, 5.41) is 8.69.